The lowest BCUT2D eigenvalue weighted by molar-refractivity contribution is 0.329. The lowest BCUT2D eigenvalue weighted by atomic mass is 10.3. The molecule has 0 amide bonds. The third-order valence-electron chi connectivity index (χ3n) is 1.89. The van der Waals surface area contributed by atoms with E-state index in [9.17, 15) is 17.2 Å². The van der Waals surface area contributed by atoms with Gasteiger partial charge in [-0.05, 0) is 19.1 Å². The van der Waals surface area contributed by atoms with Crippen molar-refractivity contribution in [3.63, 3.8) is 0 Å². The summed E-state index contributed by atoms with van der Waals surface area (Å²) in [7, 11) is -4.28. The molecule has 1 rings (SSSR count). The summed E-state index contributed by atoms with van der Waals surface area (Å²) in [6, 6.07) is 1.88. The van der Waals surface area contributed by atoms with E-state index in [1.54, 1.807) is 19.1 Å². The minimum absolute atomic E-state index is 0.0571. The number of nitrogens with two attached hydrogens (primary N) is 1. The summed E-state index contributed by atoms with van der Waals surface area (Å²) in [5.41, 5.74) is 0. The highest BCUT2D eigenvalue weighted by molar-refractivity contribution is 7.89. The predicted molar refractivity (Wildman–Crippen MR) is 58.0 cm³/mol. The van der Waals surface area contributed by atoms with Crippen molar-refractivity contribution in [1.29, 1.82) is 0 Å². The Bertz CT molecular complexity index is 541. The van der Waals surface area contributed by atoms with Crippen molar-refractivity contribution in [2.75, 3.05) is 6.61 Å². The highest BCUT2D eigenvalue weighted by atomic mass is 32.2. The van der Waals surface area contributed by atoms with Crippen LogP contribution < -0.4 is 9.88 Å². The second kappa shape index (κ2) is 5.24. The van der Waals surface area contributed by atoms with Gasteiger partial charge in [0.2, 0.25) is 15.8 Å². The number of allylic oxidation sites excluding steroid dienone is 1. The van der Waals surface area contributed by atoms with Crippen LogP contribution in [0.1, 0.15) is 6.92 Å². The van der Waals surface area contributed by atoms with E-state index >= 15 is 0 Å². The van der Waals surface area contributed by atoms with Gasteiger partial charge in [-0.15, -0.1) is 0 Å². The Kier molecular flexibility index (Phi) is 4.19. The molecule has 0 aromatic heterocycles. The Balaban J connectivity index is 3.11. The van der Waals surface area contributed by atoms with Gasteiger partial charge in [0.1, 0.15) is 11.5 Å². The van der Waals surface area contributed by atoms with Gasteiger partial charge in [0.05, 0.1) is 0 Å². The molecule has 94 valence electrons. The van der Waals surface area contributed by atoms with Crippen molar-refractivity contribution in [2.24, 2.45) is 5.14 Å². The van der Waals surface area contributed by atoms with Gasteiger partial charge in [-0.3, -0.25) is 0 Å². The van der Waals surface area contributed by atoms with Crippen LogP contribution in [0.2, 0.25) is 0 Å². The lowest BCUT2D eigenvalue weighted by Crippen LogP contribution is -2.15. The number of primary sulfonamides is 1. The number of ether oxygens (including phenoxy) is 1. The Morgan fingerprint density at radius 2 is 2.00 bits per heavy atom. The topological polar surface area (TPSA) is 69.4 Å². The fourth-order valence-electron chi connectivity index (χ4n) is 1.08. The highest BCUT2D eigenvalue weighted by Crippen LogP contribution is 2.24. The van der Waals surface area contributed by atoms with Crippen LogP contribution in [-0.2, 0) is 10.0 Å². The summed E-state index contributed by atoms with van der Waals surface area (Å²) in [5.74, 6) is -3.28. The van der Waals surface area contributed by atoms with Crippen LogP contribution in [0.25, 0.3) is 0 Å². The highest BCUT2D eigenvalue weighted by Gasteiger charge is 2.21. The van der Waals surface area contributed by atoms with Gasteiger partial charge >= 0.3 is 0 Å². The zero-order chi connectivity index (χ0) is 13.1. The van der Waals surface area contributed by atoms with Crippen LogP contribution in [0, 0.1) is 11.6 Å². The summed E-state index contributed by atoms with van der Waals surface area (Å²) < 4.78 is 53.4. The van der Waals surface area contributed by atoms with E-state index in [1.807, 2.05) is 0 Å². The van der Waals surface area contributed by atoms with E-state index in [1.165, 1.54) is 0 Å². The number of benzene rings is 1. The molecule has 2 N–H and O–H groups in total. The van der Waals surface area contributed by atoms with Crippen LogP contribution in [0.3, 0.4) is 0 Å². The Morgan fingerprint density at radius 1 is 1.35 bits per heavy atom. The average molecular weight is 263 g/mol. The van der Waals surface area contributed by atoms with Gasteiger partial charge in [0.25, 0.3) is 0 Å². The molecule has 4 nitrogen and oxygen atoms in total. The van der Waals surface area contributed by atoms with E-state index in [4.69, 9.17) is 9.88 Å². The molecule has 0 atom stereocenters. The van der Waals surface area contributed by atoms with Crippen LogP contribution >= 0.6 is 0 Å². The van der Waals surface area contributed by atoms with Crippen LogP contribution in [0.15, 0.2) is 29.2 Å². The fourth-order valence-corrected chi connectivity index (χ4v) is 1.68. The van der Waals surface area contributed by atoms with Crippen LogP contribution in [0.5, 0.6) is 5.75 Å². The van der Waals surface area contributed by atoms with E-state index in [2.05, 4.69) is 0 Å². The second-order valence-electron chi connectivity index (χ2n) is 3.11. The molecule has 0 saturated heterocycles. The third kappa shape index (κ3) is 3.24. The minimum Gasteiger partial charge on any atom is -0.486 e. The molecule has 0 bridgehead atoms. The van der Waals surface area contributed by atoms with Gasteiger partial charge in [0, 0.05) is 0 Å². The molecule has 0 fully saturated rings. The maximum atomic E-state index is 13.4. The molecule has 0 unspecified atom stereocenters. The molecule has 0 heterocycles. The molecule has 0 spiro atoms. The maximum absolute atomic E-state index is 13.4. The van der Waals surface area contributed by atoms with E-state index in [0.29, 0.717) is 0 Å². The smallest absolute Gasteiger partial charge is 0.241 e. The molecular weight excluding hydrogens is 252 g/mol. The standard InChI is InChI=1S/C10H11F2NO3S/c1-2-3-6-16-7-4-5-8(17(13,14)15)10(12)9(7)11/h2-5H,6H2,1H3,(H2,13,14,15)/b3-2+. The zero-order valence-corrected chi connectivity index (χ0v) is 9.80. The monoisotopic (exact) mass is 263 g/mol. The van der Waals surface area contributed by atoms with Crippen molar-refractivity contribution in [1.82, 2.24) is 0 Å². The van der Waals surface area contributed by atoms with Crippen LogP contribution in [-0.4, -0.2) is 15.0 Å². The van der Waals surface area contributed by atoms with Crippen molar-refractivity contribution in [2.45, 2.75) is 11.8 Å². The van der Waals surface area contributed by atoms with E-state index in [-0.39, 0.29) is 12.4 Å². The van der Waals surface area contributed by atoms with Gasteiger partial charge < -0.3 is 4.74 Å². The second-order valence-corrected chi connectivity index (χ2v) is 4.64. The van der Waals surface area contributed by atoms with E-state index < -0.39 is 26.6 Å². The molecular formula is C10H11F2NO3S. The molecule has 0 aliphatic carbocycles. The van der Waals surface area contributed by atoms with Gasteiger partial charge in [-0.1, -0.05) is 12.2 Å². The molecule has 0 saturated carbocycles. The van der Waals surface area contributed by atoms with Crippen molar-refractivity contribution in [3.8, 4) is 5.75 Å². The fraction of sp³-hybridized carbons (Fsp3) is 0.200. The first kappa shape index (κ1) is 13.6. The first-order valence-corrected chi connectivity index (χ1v) is 6.17. The Hall–Kier alpha value is -1.47. The average Bonchev–Trinajstić information content (AvgIpc) is 2.23. The van der Waals surface area contributed by atoms with Crippen LogP contribution in [0.4, 0.5) is 8.78 Å². The molecule has 7 heteroatoms. The molecule has 1 aromatic rings. The first-order valence-electron chi connectivity index (χ1n) is 4.62. The normalized spacial score (nSPS) is 12.0. The predicted octanol–water partition coefficient (Wildman–Crippen LogP) is 1.57. The number of hydrogen-bond donors (Lipinski definition) is 1. The van der Waals surface area contributed by atoms with Gasteiger partial charge in [0.15, 0.2) is 11.6 Å². The molecule has 1 aromatic carbocycles. The third-order valence-corrected chi connectivity index (χ3v) is 2.82. The van der Waals surface area contributed by atoms with Crippen molar-refractivity contribution >= 4 is 10.0 Å². The SMILES string of the molecule is C/C=C/COc1ccc(S(N)(=O)=O)c(F)c1F. The zero-order valence-electron chi connectivity index (χ0n) is 8.98. The summed E-state index contributed by atoms with van der Waals surface area (Å²) in [4.78, 5) is -0.895. The minimum atomic E-state index is -4.28. The molecule has 0 aliphatic heterocycles. The van der Waals surface area contributed by atoms with E-state index in [0.717, 1.165) is 12.1 Å². The summed E-state index contributed by atoms with van der Waals surface area (Å²) in [6.45, 7) is 1.80. The van der Waals surface area contributed by atoms with Crippen molar-refractivity contribution < 1.29 is 21.9 Å². The number of hydrogen-bond acceptors (Lipinski definition) is 3. The molecule has 0 aliphatic rings. The lowest BCUT2D eigenvalue weighted by Gasteiger charge is -2.07. The Morgan fingerprint density at radius 3 is 2.53 bits per heavy atom. The van der Waals surface area contributed by atoms with Crippen molar-refractivity contribution in [3.05, 3.63) is 35.9 Å². The number of rotatable bonds is 4. The molecule has 0 radical (unpaired) electrons. The quantitative estimate of drug-likeness (QED) is 0.838. The largest absolute Gasteiger partial charge is 0.486 e. The summed E-state index contributed by atoms with van der Waals surface area (Å²) in [5, 5.41) is 4.71. The van der Waals surface area contributed by atoms with Gasteiger partial charge in [-0.25, -0.2) is 17.9 Å². The first-order chi connectivity index (χ1) is 7.88. The Labute approximate surface area is 97.7 Å². The number of sulfonamides is 1. The maximum Gasteiger partial charge on any atom is 0.241 e. The summed E-state index contributed by atoms with van der Waals surface area (Å²) >= 11 is 0. The molecule has 17 heavy (non-hydrogen) atoms. The number of halogens is 2. The van der Waals surface area contributed by atoms with Gasteiger partial charge in [-0.2, -0.15) is 4.39 Å². The summed E-state index contributed by atoms with van der Waals surface area (Å²) in [6.07, 6.45) is 3.26.